The maximum Gasteiger partial charge on any atom is 0.101 e. The van der Waals surface area contributed by atoms with Crippen LogP contribution >= 0.6 is 11.6 Å². The van der Waals surface area contributed by atoms with E-state index in [2.05, 4.69) is 100.0 Å². The van der Waals surface area contributed by atoms with Crippen LogP contribution < -0.4 is 5.32 Å². The Hall–Kier alpha value is -3.74. The van der Waals surface area contributed by atoms with Crippen LogP contribution in [-0.2, 0) is 10.8 Å². The van der Waals surface area contributed by atoms with Crippen molar-refractivity contribution in [3.63, 3.8) is 0 Å². The fourth-order valence-electron chi connectivity index (χ4n) is 4.83. The molecule has 1 aromatic heterocycles. The van der Waals surface area contributed by atoms with Crippen molar-refractivity contribution in [2.75, 3.05) is 5.32 Å². The molecule has 0 saturated heterocycles. The summed E-state index contributed by atoms with van der Waals surface area (Å²) in [6, 6.07) is 29.5. The van der Waals surface area contributed by atoms with Gasteiger partial charge in [0.2, 0.25) is 0 Å². The van der Waals surface area contributed by atoms with Crippen molar-refractivity contribution in [2.24, 2.45) is 0 Å². The van der Waals surface area contributed by atoms with Gasteiger partial charge in [0.25, 0.3) is 0 Å². The molecule has 0 aliphatic heterocycles. The molecule has 0 aliphatic carbocycles. The van der Waals surface area contributed by atoms with Crippen LogP contribution in [-0.4, -0.2) is 4.57 Å². The monoisotopic (exact) mass is 505 g/mol. The highest BCUT2D eigenvalue weighted by Crippen LogP contribution is 2.38. The number of benzene rings is 4. The molecule has 5 rings (SSSR count). The summed E-state index contributed by atoms with van der Waals surface area (Å²) < 4.78 is 2.26. The topological polar surface area (TPSA) is 40.8 Å². The Morgan fingerprint density at radius 2 is 1.27 bits per heavy atom. The summed E-state index contributed by atoms with van der Waals surface area (Å²) in [5.41, 5.74) is 7.98. The number of fused-ring (bicyclic) bond motifs is 3. The van der Waals surface area contributed by atoms with Crippen LogP contribution in [0.25, 0.3) is 27.5 Å². The number of anilines is 2. The number of halogens is 1. The molecular weight excluding hydrogens is 474 g/mol. The molecule has 5 aromatic rings. The number of nitriles is 1. The molecule has 0 atom stereocenters. The van der Waals surface area contributed by atoms with Gasteiger partial charge in [0.1, 0.15) is 6.07 Å². The molecule has 0 fully saturated rings. The first-order chi connectivity index (χ1) is 17.5. The van der Waals surface area contributed by atoms with Gasteiger partial charge in [-0.15, -0.1) is 0 Å². The van der Waals surface area contributed by atoms with E-state index in [4.69, 9.17) is 11.6 Å². The molecule has 4 heteroatoms. The van der Waals surface area contributed by atoms with E-state index >= 15 is 0 Å². The second-order valence-corrected chi connectivity index (χ2v) is 12.2. The predicted molar refractivity (Wildman–Crippen MR) is 158 cm³/mol. The van der Waals surface area contributed by atoms with Crippen molar-refractivity contribution in [2.45, 2.75) is 52.4 Å². The molecule has 0 aliphatic rings. The number of nitrogens with zero attached hydrogens (tertiary/aromatic N) is 2. The third-order valence-electron chi connectivity index (χ3n) is 6.97. The van der Waals surface area contributed by atoms with E-state index < -0.39 is 0 Å². The molecule has 1 heterocycles. The Morgan fingerprint density at radius 1 is 0.703 bits per heavy atom. The first-order valence-corrected chi connectivity index (χ1v) is 13.0. The summed E-state index contributed by atoms with van der Waals surface area (Å²) in [5, 5.41) is 16.6. The maximum absolute atomic E-state index is 10.1. The Labute approximate surface area is 224 Å². The second kappa shape index (κ2) is 8.98. The van der Waals surface area contributed by atoms with Crippen molar-refractivity contribution >= 4 is 44.8 Å². The Morgan fingerprint density at radius 3 is 1.78 bits per heavy atom. The van der Waals surface area contributed by atoms with E-state index in [9.17, 15) is 5.26 Å². The molecule has 1 N–H and O–H groups in total. The number of hydrogen-bond donors (Lipinski definition) is 1. The molecule has 3 nitrogen and oxygen atoms in total. The number of nitrogens with one attached hydrogen (secondary N) is 1. The van der Waals surface area contributed by atoms with Crippen molar-refractivity contribution in [1.82, 2.24) is 4.57 Å². The third kappa shape index (κ3) is 4.70. The molecule has 0 bridgehead atoms. The van der Waals surface area contributed by atoms with E-state index in [1.165, 1.54) is 21.9 Å². The van der Waals surface area contributed by atoms with Gasteiger partial charge in [-0.2, -0.15) is 5.26 Å². The fraction of sp³-hybridized carbons (Fsp3) is 0.242. The zero-order valence-corrected chi connectivity index (χ0v) is 23.0. The van der Waals surface area contributed by atoms with E-state index in [0.29, 0.717) is 10.6 Å². The van der Waals surface area contributed by atoms with Crippen LogP contribution in [0.5, 0.6) is 0 Å². The van der Waals surface area contributed by atoms with Crippen molar-refractivity contribution in [1.29, 1.82) is 5.26 Å². The van der Waals surface area contributed by atoms with E-state index in [1.54, 1.807) is 0 Å². The van der Waals surface area contributed by atoms with Gasteiger partial charge in [-0.3, -0.25) is 0 Å². The summed E-state index contributed by atoms with van der Waals surface area (Å²) in [4.78, 5) is 0. The van der Waals surface area contributed by atoms with Crippen molar-refractivity contribution in [3.05, 3.63) is 101 Å². The quantitative estimate of drug-likeness (QED) is 0.265. The minimum atomic E-state index is 0.0000837. The average Bonchev–Trinajstić information content (AvgIpc) is 3.16. The maximum atomic E-state index is 10.1. The lowest BCUT2D eigenvalue weighted by Gasteiger charge is -2.20. The van der Waals surface area contributed by atoms with E-state index in [1.807, 2.05) is 36.4 Å². The van der Waals surface area contributed by atoms with E-state index in [0.717, 1.165) is 28.1 Å². The van der Waals surface area contributed by atoms with Crippen molar-refractivity contribution < 1.29 is 0 Å². The first kappa shape index (κ1) is 24.9. The zero-order chi connectivity index (χ0) is 26.5. The summed E-state index contributed by atoms with van der Waals surface area (Å²) in [6.45, 7) is 13.4. The van der Waals surface area contributed by atoms with Gasteiger partial charge in [-0.05, 0) is 70.5 Å². The molecular formula is C33H32ClN3. The molecule has 0 spiro atoms. The minimum absolute atomic E-state index is 0.0000837. The first-order valence-electron chi connectivity index (χ1n) is 12.6. The predicted octanol–water partition coefficient (Wildman–Crippen LogP) is 9.65. The van der Waals surface area contributed by atoms with Gasteiger partial charge in [-0.1, -0.05) is 83.5 Å². The van der Waals surface area contributed by atoms with Gasteiger partial charge in [0.05, 0.1) is 22.3 Å². The molecule has 0 radical (unpaired) electrons. The van der Waals surface area contributed by atoms with Gasteiger partial charge in [0.15, 0.2) is 0 Å². The molecule has 4 aromatic carbocycles. The lowest BCUT2D eigenvalue weighted by Crippen LogP contribution is -2.11. The van der Waals surface area contributed by atoms with Gasteiger partial charge in [-0.25, -0.2) is 0 Å². The highest BCUT2D eigenvalue weighted by molar-refractivity contribution is 6.30. The summed E-state index contributed by atoms with van der Waals surface area (Å²) in [6.07, 6.45) is 0. The highest BCUT2D eigenvalue weighted by Gasteiger charge is 2.22. The average molecular weight is 506 g/mol. The number of hydrogen-bond acceptors (Lipinski definition) is 2. The largest absolute Gasteiger partial charge is 0.355 e. The lowest BCUT2D eigenvalue weighted by atomic mass is 9.86. The van der Waals surface area contributed by atoms with Crippen LogP contribution in [0.2, 0.25) is 5.02 Å². The van der Waals surface area contributed by atoms with Crippen LogP contribution in [0, 0.1) is 11.3 Å². The Bertz CT molecular complexity index is 1620. The van der Waals surface area contributed by atoms with Crippen LogP contribution in [0.1, 0.15) is 58.2 Å². The molecule has 37 heavy (non-hydrogen) atoms. The highest BCUT2D eigenvalue weighted by atomic mass is 35.5. The molecule has 0 unspecified atom stereocenters. The lowest BCUT2D eigenvalue weighted by molar-refractivity contribution is 0.591. The van der Waals surface area contributed by atoms with Crippen LogP contribution in [0.4, 0.5) is 11.4 Å². The van der Waals surface area contributed by atoms with E-state index in [-0.39, 0.29) is 10.8 Å². The van der Waals surface area contributed by atoms with Crippen molar-refractivity contribution in [3.8, 4) is 11.8 Å². The molecule has 0 saturated carbocycles. The third-order valence-corrected chi connectivity index (χ3v) is 7.21. The van der Waals surface area contributed by atoms with Gasteiger partial charge >= 0.3 is 0 Å². The number of aromatic nitrogens is 1. The normalized spacial score (nSPS) is 12.2. The summed E-state index contributed by atoms with van der Waals surface area (Å²) in [7, 11) is 0. The smallest absolute Gasteiger partial charge is 0.101 e. The number of rotatable bonds is 3. The standard InChI is InChI=1S/C33H32ClN3/c1-32(2,3)22-11-14-27-28-15-12-23(33(4,5)6)17-31(28)37(30(27)16-22)29-19-26(13-10-21(29)20-35)36-25-9-7-8-24(34)18-25/h7-19,36H,1-6H3. The molecule has 186 valence electrons. The SMILES string of the molecule is CC(C)(C)c1ccc2c3ccc(C(C)(C)C)cc3n(-c3cc(Nc4cccc(Cl)c4)ccc3C#N)c2c1. The van der Waals surface area contributed by atoms with Crippen LogP contribution in [0.3, 0.4) is 0 Å². The molecule has 0 amide bonds. The Kier molecular flexibility index (Phi) is 6.05. The van der Waals surface area contributed by atoms with Gasteiger partial charge < -0.3 is 9.88 Å². The fourth-order valence-corrected chi connectivity index (χ4v) is 5.02. The summed E-state index contributed by atoms with van der Waals surface area (Å²) >= 11 is 6.22. The minimum Gasteiger partial charge on any atom is -0.355 e. The summed E-state index contributed by atoms with van der Waals surface area (Å²) in [5.74, 6) is 0. The Balaban J connectivity index is 1.83. The van der Waals surface area contributed by atoms with Gasteiger partial charge in [0, 0.05) is 27.2 Å². The second-order valence-electron chi connectivity index (χ2n) is 11.8. The zero-order valence-electron chi connectivity index (χ0n) is 22.3. The van der Waals surface area contributed by atoms with Crippen LogP contribution in [0.15, 0.2) is 78.9 Å².